The second kappa shape index (κ2) is 8.89. The Kier molecular flexibility index (Phi) is 6.12. The van der Waals surface area contributed by atoms with Crippen LogP contribution in [0.3, 0.4) is 0 Å². The van der Waals surface area contributed by atoms with E-state index in [2.05, 4.69) is 15.6 Å². The normalized spacial score (nSPS) is 17.9. The number of nitrogens with zero attached hydrogens (tertiary/aromatic N) is 2. The Balaban J connectivity index is 1.39. The van der Waals surface area contributed by atoms with Gasteiger partial charge in [0.1, 0.15) is 12.6 Å². The third-order valence-electron chi connectivity index (χ3n) is 5.93. The number of rotatable bonds is 4. The van der Waals surface area contributed by atoms with Crippen molar-refractivity contribution in [1.29, 1.82) is 0 Å². The zero-order valence-corrected chi connectivity index (χ0v) is 19.7. The summed E-state index contributed by atoms with van der Waals surface area (Å²) in [6.45, 7) is 8.31. The second-order valence-corrected chi connectivity index (χ2v) is 9.73. The van der Waals surface area contributed by atoms with Gasteiger partial charge in [-0.25, -0.2) is 4.79 Å². The van der Waals surface area contributed by atoms with Crippen molar-refractivity contribution in [3.05, 3.63) is 58.4 Å². The number of aromatic nitrogens is 1. The Labute approximate surface area is 197 Å². The fraction of sp³-hybridized carbons (Fsp3) is 0.400. The molecule has 9 nitrogen and oxygen atoms in total. The number of imide groups is 1. The van der Waals surface area contributed by atoms with Gasteiger partial charge in [-0.3, -0.25) is 30.0 Å². The zero-order valence-electron chi connectivity index (χ0n) is 19.7. The molecule has 1 unspecified atom stereocenters. The standard InChI is InChI=1S/C25H28N4O5/c1-14-9-17(11-20(26-14)25(2,3)4)27-24(33)34-13-15-5-6-16-12-29(23(32)18(16)10-15)19-7-8-21(30)28-22(19)31/h5-6,9-11,19H,7-8,12-13H2,1-4H3,(H,26,27,33)(H,28,30,31). The molecule has 2 N–H and O–H groups in total. The highest BCUT2D eigenvalue weighted by Crippen LogP contribution is 2.28. The second-order valence-electron chi connectivity index (χ2n) is 9.73. The highest BCUT2D eigenvalue weighted by Gasteiger charge is 2.39. The van der Waals surface area contributed by atoms with E-state index in [9.17, 15) is 19.2 Å². The molecule has 2 aliphatic rings. The number of amides is 4. The van der Waals surface area contributed by atoms with Gasteiger partial charge in [0.25, 0.3) is 5.91 Å². The van der Waals surface area contributed by atoms with Crippen molar-refractivity contribution in [1.82, 2.24) is 15.2 Å². The number of hydrogen-bond donors (Lipinski definition) is 2. The molecule has 4 amide bonds. The highest BCUT2D eigenvalue weighted by molar-refractivity contribution is 6.05. The number of piperidine rings is 1. The van der Waals surface area contributed by atoms with Crippen LogP contribution in [0.4, 0.5) is 10.5 Å². The van der Waals surface area contributed by atoms with Crippen LogP contribution in [-0.2, 0) is 32.9 Å². The van der Waals surface area contributed by atoms with Gasteiger partial charge >= 0.3 is 6.09 Å². The molecule has 1 aromatic carbocycles. The predicted molar refractivity (Wildman–Crippen MR) is 124 cm³/mol. The van der Waals surface area contributed by atoms with Crippen molar-refractivity contribution in [2.24, 2.45) is 0 Å². The van der Waals surface area contributed by atoms with Crippen LogP contribution in [0.15, 0.2) is 30.3 Å². The number of anilines is 1. The summed E-state index contributed by atoms with van der Waals surface area (Å²) >= 11 is 0. The topological polar surface area (TPSA) is 118 Å². The van der Waals surface area contributed by atoms with Gasteiger partial charge in [0.2, 0.25) is 11.8 Å². The van der Waals surface area contributed by atoms with E-state index in [0.29, 0.717) is 29.8 Å². The first-order chi connectivity index (χ1) is 16.0. The van der Waals surface area contributed by atoms with E-state index in [1.807, 2.05) is 33.8 Å². The molecule has 0 aliphatic carbocycles. The molecule has 9 heteroatoms. The SMILES string of the molecule is Cc1cc(NC(=O)OCc2ccc3c(c2)C(=O)N(C2CCC(=O)NC2=O)C3)cc(C(C)(C)C)n1. The van der Waals surface area contributed by atoms with Crippen LogP contribution in [0, 0.1) is 6.92 Å². The first-order valence-corrected chi connectivity index (χ1v) is 11.2. The number of hydrogen-bond acceptors (Lipinski definition) is 6. The largest absolute Gasteiger partial charge is 0.444 e. The summed E-state index contributed by atoms with van der Waals surface area (Å²) < 4.78 is 5.37. The number of ether oxygens (including phenoxy) is 1. The van der Waals surface area contributed by atoms with Gasteiger partial charge in [0.05, 0.1) is 0 Å². The molecule has 0 bridgehead atoms. The van der Waals surface area contributed by atoms with Gasteiger partial charge in [0.15, 0.2) is 0 Å². The lowest BCUT2D eigenvalue weighted by molar-refractivity contribution is -0.136. The van der Waals surface area contributed by atoms with E-state index in [0.717, 1.165) is 17.0 Å². The van der Waals surface area contributed by atoms with Crippen LogP contribution in [0.5, 0.6) is 0 Å². The number of benzene rings is 1. The number of pyridine rings is 1. The molecule has 3 heterocycles. The predicted octanol–water partition coefficient (Wildman–Crippen LogP) is 3.20. The third-order valence-corrected chi connectivity index (χ3v) is 5.93. The average Bonchev–Trinajstić information content (AvgIpc) is 3.07. The molecular formula is C25H28N4O5. The minimum atomic E-state index is -0.662. The highest BCUT2D eigenvalue weighted by atomic mass is 16.5. The van der Waals surface area contributed by atoms with Crippen LogP contribution in [0.2, 0.25) is 0 Å². The zero-order chi connectivity index (χ0) is 24.6. The van der Waals surface area contributed by atoms with Crippen molar-refractivity contribution >= 4 is 29.5 Å². The van der Waals surface area contributed by atoms with E-state index < -0.39 is 18.0 Å². The summed E-state index contributed by atoms with van der Waals surface area (Å²) in [6, 6.07) is 8.22. The molecule has 2 aliphatic heterocycles. The fourth-order valence-electron chi connectivity index (χ4n) is 4.12. The number of fused-ring (bicyclic) bond motifs is 1. The van der Waals surface area contributed by atoms with Gasteiger partial charge in [-0.05, 0) is 42.7 Å². The molecule has 1 atom stereocenters. The maximum Gasteiger partial charge on any atom is 0.411 e. The summed E-state index contributed by atoms with van der Waals surface area (Å²) in [7, 11) is 0. The van der Waals surface area contributed by atoms with Crippen LogP contribution in [-0.4, -0.2) is 39.7 Å². The molecule has 4 rings (SSSR count). The summed E-state index contributed by atoms with van der Waals surface area (Å²) in [5.74, 6) is -1.03. The minimum Gasteiger partial charge on any atom is -0.444 e. The molecule has 0 radical (unpaired) electrons. The number of nitrogens with one attached hydrogen (secondary N) is 2. The first-order valence-electron chi connectivity index (χ1n) is 11.2. The number of carbonyl (C=O) groups is 4. The Morgan fingerprint density at radius 2 is 1.97 bits per heavy atom. The molecule has 1 saturated heterocycles. The molecular weight excluding hydrogens is 436 g/mol. The fourth-order valence-corrected chi connectivity index (χ4v) is 4.12. The minimum absolute atomic E-state index is 0.0129. The Morgan fingerprint density at radius 1 is 1.21 bits per heavy atom. The third kappa shape index (κ3) is 4.93. The van der Waals surface area contributed by atoms with E-state index >= 15 is 0 Å². The summed E-state index contributed by atoms with van der Waals surface area (Å²) in [4.78, 5) is 54.9. The summed E-state index contributed by atoms with van der Waals surface area (Å²) in [5, 5.41) is 5.03. The number of aryl methyl sites for hydroxylation is 1. The van der Waals surface area contributed by atoms with E-state index in [4.69, 9.17) is 4.74 Å². The Bertz CT molecular complexity index is 1180. The van der Waals surface area contributed by atoms with Crippen LogP contribution < -0.4 is 10.6 Å². The van der Waals surface area contributed by atoms with E-state index in [1.54, 1.807) is 24.3 Å². The van der Waals surface area contributed by atoms with Crippen molar-refractivity contribution in [3.8, 4) is 0 Å². The van der Waals surface area contributed by atoms with E-state index in [1.165, 1.54) is 4.90 Å². The monoisotopic (exact) mass is 464 g/mol. The maximum absolute atomic E-state index is 12.9. The summed E-state index contributed by atoms with van der Waals surface area (Å²) in [6.07, 6.45) is -0.0901. The van der Waals surface area contributed by atoms with E-state index in [-0.39, 0.29) is 30.3 Å². The van der Waals surface area contributed by atoms with Gasteiger partial charge in [-0.2, -0.15) is 0 Å². The summed E-state index contributed by atoms with van der Waals surface area (Å²) in [5.41, 5.74) is 4.03. The molecule has 2 aromatic rings. The van der Waals surface area contributed by atoms with Crippen LogP contribution >= 0.6 is 0 Å². The van der Waals surface area contributed by atoms with Crippen molar-refractivity contribution < 1.29 is 23.9 Å². The molecule has 178 valence electrons. The van der Waals surface area contributed by atoms with Crippen LogP contribution in [0.1, 0.15) is 66.5 Å². The maximum atomic E-state index is 12.9. The van der Waals surface area contributed by atoms with Crippen molar-refractivity contribution in [2.75, 3.05) is 5.32 Å². The molecule has 0 saturated carbocycles. The quantitative estimate of drug-likeness (QED) is 0.671. The lowest BCUT2D eigenvalue weighted by Gasteiger charge is -2.29. The molecule has 0 spiro atoms. The molecule has 1 fully saturated rings. The van der Waals surface area contributed by atoms with Crippen molar-refractivity contribution in [3.63, 3.8) is 0 Å². The van der Waals surface area contributed by atoms with Gasteiger partial charge in [-0.1, -0.05) is 32.9 Å². The lowest BCUT2D eigenvalue weighted by Crippen LogP contribution is -2.52. The average molecular weight is 465 g/mol. The van der Waals surface area contributed by atoms with Crippen molar-refractivity contribution in [2.45, 2.75) is 65.1 Å². The lowest BCUT2D eigenvalue weighted by atomic mass is 9.91. The Hall–Kier alpha value is -3.75. The molecule has 34 heavy (non-hydrogen) atoms. The number of carbonyl (C=O) groups excluding carboxylic acids is 4. The van der Waals surface area contributed by atoms with Crippen LogP contribution in [0.25, 0.3) is 0 Å². The smallest absolute Gasteiger partial charge is 0.411 e. The van der Waals surface area contributed by atoms with Gasteiger partial charge in [-0.15, -0.1) is 0 Å². The first kappa shape index (κ1) is 23.4. The molecule has 1 aromatic heterocycles. The van der Waals surface area contributed by atoms with Gasteiger partial charge < -0.3 is 9.64 Å². The van der Waals surface area contributed by atoms with Gasteiger partial charge in [0, 0.05) is 41.0 Å². The Morgan fingerprint density at radius 3 is 2.68 bits per heavy atom.